The van der Waals surface area contributed by atoms with Gasteiger partial charge in [-0.25, -0.2) is 0 Å². The normalized spacial score (nSPS) is 13.7. The van der Waals surface area contributed by atoms with Crippen molar-refractivity contribution in [1.82, 2.24) is 0 Å². The fourth-order valence-corrected chi connectivity index (χ4v) is 16.6. The molecule has 3 heteroatoms. The Balaban J connectivity index is 1.03. The SMILES string of the molecule is CC1(C)c2ccccc2-c2cc(N(c3ccccc3)c3ccc([Si](c4ccccc4)(c4ccccc4)c4cccc(N(c5ccccc5)c5ccc6c(c5)C(C)(C)c5ccccc5-6)c4)cc3)ccc21. The maximum absolute atomic E-state index is 2.99. The minimum atomic E-state index is -2.99. The van der Waals surface area contributed by atoms with Crippen molar-refractivity contribution in [3.63, 3.8) is 0 Å². The van der Waals surface area contributed by atoms with Gasteiger partial charge in [0.15, 0.2) is 8.07 Å². The van der Waals surface area contributed by atoms with E-state index in [1.165, 1.54) is 65.3 Å². The molecule has 0 fully saturated rings. The van der Waals surface area contributed by atoms with E-state index in [1.54, 1.807) is 0 Å². The summed E-state index contributed by atoms with van der Waals surface area (Å²) in [5.41, 5.74) is 17.4. The molecule has 10 aromatic carbocycles. The lowest BCUT2D eigenvalue weighted by Gasteiger charge is -2.36. The first-order chi connectivity index (χ1) is 33.7. The van der Waals surface area contributed by atoms with Crippen LogP contribution < -0.4 is 30.5 Å². The first-order valence-electron chi connectivity index (χ1n) is 24.3. The molecule has 2 nitrogen and oxygen atoms in total. The molecule has 2 aliphatic rings. The molecule has 12 rings (SSSR count). The third-order valence-electron chi connectivity index (χ3n) is 15.2. The van der Waals surface area contributed by atoms with Gasteiger partial charge in [0, 0.05) is 45.0 Å². The van der Waals surface area contributed by atoms with Crippen molar-refractivity contribution in [2.75, 3.05) is 9.80 Å². The summed E-state index contributed by atoms with van der Waals surface area (Å²) in [6.07, 6.45) is 0. The smallest absolute Gasteiger partial charge is 0.179 e. The van der Waals surface area contributed by atoms with Crippen molar-refractivity contribution < 1.29 is 0 Å². The van der Waals surface area contributed by atoms with Crippen LogP contribution in [0.4, 0.5) is 34.1 Å². The van der Waals surface area contributed by atoms with Crippen molar-refractivity contribution in [3.8, 4) is 22.3 Å². The monoisotopic (exact) mass is 902 g/mol. The average Bonchev–Trinajstić information content (AvgIpc) is 3.77. The van der Waals surface area contributed by atoms with Gasteiger partial charge in [-0.2, -0.15) is 0 Å². The van der Waals surface area contributed by atoms with Crippen LogP contribution in [0.3, 0.4) is 0 Å². The molecule has 0 spiro atoms. The molecule has 0 amide bonds. The highest BCUT2D eigenvalue weighted by molar-refractivity contribution is 7.20. The lowest BCUT2D eigenvalue weighted by molar-refractivity contribution is 0.660. The van der Waals surface area contributed by atoms with Gasteiger partial charge in [0.05, 0.1) is 0 Å². The third kappa shape index (κ3) is 6.83. The maximum atomic E-state index is 2.49. The molecule has 332 valence electrons. The predicted molar refractivity (Wildman–Crippen MR) is 295 cm³/mol. The van der Waals surface area contributed by atoms with Gasteiger partial charge in [-0.15, -0.1) is 0 Å². The van der Waals surface area contributed by atoms with E-state index in [-0.39, 0.29) is 10.8 Å². The van der Waals surface area contributed by atoms with Crippen LogP contribution in [0.5, 0.6) is 0 Å². The second-order valence-corrected chi connectivity index (χ2v) is 23.5. The predicted octanol–water partition coefficient (Wildman–Crippen LogP) is 14.6. The molecule has 0 bridgehead atoms. The molecule has 0 aliphatic heterocycles. The summed E-state index contributed by atoms with van der Waals surface area (Å²) in [6.45, 7) is 9.43. The molecule has 2 aliphatic carbocycles. The van der Waals surface area contributed by atoms with E-state index in [2.05, 4.69) is 292 Å². The standard InChI is InChI=1S/C66H54N2Si/c1-65(2)62-35-20-18-33-58(62)60-45-51(39-43-63(60)65)67(47-22-9-5-10-23-47)49-36-40-55(41-37-49)69(53-27-13-7-14-28-53,54-29-15-8-16-30-54)56-31-21-26-50(44-56)68(48-24-11-6-12-25-48)52-38-42-59-57-32-17-19-34-61(57)66(3,4)64(59)46-52/h5-46H,1-4H3. The fraction of sp³-hybridized carbons (Fsp3) is 0.0909. The number of anilines is 6. The van der Waals surface area contributed by atoms with Gasteiger partial charge < -0.3 is 9.80 Å². The van der Waals surface area contributed by atoms with Crippen LogP contribution >= 0.6 is 0 Å². The number of fused-ring (bicyclic) bond motifs is 6. The van der Waals surface area contributed by atoms with Crippen LogP contribution in [0.25, 0.3) is 22.3 Å². The summed E-state index contributed by atoms with van der Waals surface area (Å²) in [5, 5.41) is 5.31. The van der Waals surface area contributed by atoms with Crippen LogP contribution in [0.15, 0.2) is 255 Å². The van der Waals surface area contributed by atoms with Crippen molar-refractivity contribution in [1.29, 1.82) is 0 Å². The lowest BCUT2D eigenvalue weighted by Crippen LogP contribution is -2.74. The van der Waals surface area contributed by atoms with E-state index >= 15 is 0 Å². The minimum absolute atomic E-state index is 0.0629. The molecule has 10 aromatic rings. The zero-order valence-electron chi connectivity index (χ0n) is 39.6. The van der Waals surface area contributed by atoms with Crippen LogP contribution in [0.2, 0.25) is 0 Å². The lowest BCUT2D eigenvalue weighted by atomic mass is 9.82. The molecule has 0 N–H and O–H groups in total. The number of nitrogens with zero attached hydrogens (tertiary/aromatic N) is 2. The number of benzene rings is 10. The summed E-state index contributed by atoms with van der Waals surface area (Å²) in [7, 11) is -2.99. The summed E-state index contributed by atoms with van der Waals surface area (Å²) in [4.78, 5) is 4.87. The number of hydrogen-bond donors (Lipinski definition) is 0. The zero-order chi connectivity index (χ0) is 46.7. The molecule has 0 saturated carbocycles. The fourth-order valence-electron chi connectivity index (χ4n) is 11.8. The Kier molecular flexibility index (Phi) is 10.2. The molecule has 0 saturated heterocycles. The van der Waals surface area contributed by atoms with E-state index in [0.717, 1.165) is 34.1 Å². The van der Waals surface area contributed by atoms with Gasteiger partial charge in [0.25, 0.3) is 0 Å². The summed E-state index contributed by atoms with van der Waals surface area (Å²) < 4.78 is 0. The Morgan fingerprint density at radius 1 is 0.246 bits per heavy atom. The first kappa shape index (κ1) is 42.4. The second kappa shape index (κ2) is 16.7. The molecular weight excluding hydrogens is 849 g/mol. The second-order valence-electron chi connectivity index (χ2n) is 19.7. The number of rotatable bonds is 10. The minimum Gasteiger partial charge on any atom is -0.310 e. The molecule has 0 atom stereocenters. The van der Waals surface area contributed by atoms with Crippen LogP contribution in [0.1, 0.15) is 49.9 Å². The Morgan fingerprint density at radius 2 is 0.609 bits per heavy atom. The number of hydrogen-bond acceptors (Lipinski definition) is 2. The van der Waals surface area contributed by atoms with Crippen LogP contribution in [-0.4, -0.2) is 8.07 Å². The van der Waals surface area contributed by atoms with Crippen LogP contribution in [-0.2, 0) is 10.8 Å². The van der Waals surface area contributed by atoms with E-state index in [4.69, 9.17) is 0 Å². The van der Waals surface area contributed by atoms with Crippen molar-refractivity contribution >= 4 is 62.9 Å². The van der Waals surface area contributed by atoms with Crippen molar-refractivity contribution in [3.05, 3.63) is 277 Å². The molecule has 0 unspecified atom stereocenters. The third-order valence-corrected chi connectivity index (χ3v) is 20.0. The van der Waals surface area contributed by atoms with Gasteiger partial charge in [0.2, 0.25) is 0 Å². The zero-order valence-corrected chi connectivity index (χ0v) is 40.6. The highest BCUT2D eigenvalue weighted by Gasteiger charge is 2.42. The van der Waals surface area contributed by atoms with E-state index < -0.39 is 8.07 Å². The van der Waals surface area contributed by atoms with E-state index in [0.29, 0.717) is 0 Å². The Hall–Kier alpha value is -7.98. The Bertz CT molecular complexity index is 3450. The van der Waals surface area contributed by atoms with Crippen molar-refractivity contribution in [2.24, 2.45) is 0 Å². The van der Waals surface area contributed by atoms with Crippen LogP contribution in [0, 0.1) is 0 Å². The molecular formula is C66H54N2Si. The van der Waals surface area contributed by atoms with Gasteiger partial charge in [0.1, 0.15) is 0 Å². The maximum Gasteiger partial charge on any atom is 0.179 e. The van der Waals surface area contributed by atoms with Gasteiger partial charge in [-0.3, -0.25) is 0 Å². The quantitative estimate of drug-likeness (QED) is 0.0997. The molecule has 0 heterocycles. The van der Waals surface area contributed by atoms with Gasteiger partial charge in [-0.05, 0) is 138 Å². The largest absolute Gasteiger partial charge is 0.310 e. The molecule has 0 radical (unpaired) electrons. The summed E-state index contributed by atoms with van der Waals surface area (Å²) in [6, 6.07) is 95.2. The highest BCUT2D eigenvalue weighted by atomic mass is 28.3. The average molecular weight is 903 g/mol. The highest BCUT2D eigenvalue weighted by Crippen LogP contribution is 2.52. The number of para-hydroxylation sites is 2. The van der Waals surface area contributed by atoms with E-state index in [1.807, 2.05) is 0 Å². The Morgan fingerprint density at radius 3 is 1.20 bits per heavy atom. The molecule has 69 heavy (non-hydrogen) atoms. The first-order valence-corrected chi connectivity index (χ1v) is 26.3. The molecule has 0 aromatic heterocycles. The summed E-state index contributed by atoms with van der Waals surface area (Å²) >= 11 is 0. The Labute approximate surface area is 408 Å². The topological polar surface area (TPSA) is 6.48 Å². The van der Waals surface area contributed by atoms with Crippen molar-refractivity contribution in [2.45, 2.75) is 38.5 Å². The van der Waals surface area contributed by atoms with Gasteiger partial charge in [-0.1, -0.05) is 210 Å². The van der Waals surface area contributed by atoms with Gasteiger partial charge >= 0.3 is 0 Å². The summed E-state index contributed by atoms with van der Waals surface area (Å²) in [5.74, 6) is 0. The van der Waals surface area contributed by atoms with E-state index in [9.17, 15) is 0 Å².